The van der Waals surface area contributed by atoms with Gasteiger partial charge >= 0.3 is 0 Å². The van der Waals surface area contributed by atoms with Crippen LogP contribution >= 0.6 is 0 Å². The Morgan fingerprint density at radius 2 is 1.76 bits per heavy atom. The van der Waals surface area contributed by atoms with Crippen LogP contribution in [0.2, 0.25) is 0 Å². The zero-order chi connectivity index (χ0) is 17.4. The topological polar surface area (TPSA) is 64.4 Å². The summed E-state index contributed by atoms with van der Waals surface area (Å²) >= 11 is 0. The molecule has 0 spiro atoms. The molecule has 0 bridgehead atoms. The Morgan fingerprint density at radius 1 is 1.00 bits per heavy atom. The second-order valence-electron chi connectivity index (χ2n) is 5.97. The van der Waals surface area contributed by atoms with E-state index in [0.717, 1.165) is 16.9 Å². The third-order valence-electron chi connectivity index (χ3n) is 4.58. The van der Waals surface area contributed by atoms with E-state index in [0.29, 0.717) is 31.8 Å². The van der Waals surface area contributed by atoms with Gasteiger partial charge in [-0.25, -0.2) is 13.4 Å². The van der Waals surface area contributed by atoms with Crippen LogP contribution in [-0.2, 0) is 23.0 Å². The van der Waals surface area contributed by atoms with Crippen molar-refractivity contribution in [3.05, 3.63) is 54.4 Å². The lowest BCUT2D eigenvalue weighted by Gasteiger charge is -2.21. The first-order valence-electron chi connectivity index (χ1n) is 8.18. The monoisotopic (exact) mass is 357 g/mol. The summed E-state index contributed by atoms with van der Waals surface area (Å²) in [6.45, 7) is 1.40. The molecule has 0 unspecified atom stereocenters. The van der Waals surface area contributed by atoms with E-state index in [1.54, 1.807) is 24.3 Å². The molecule has 6 nitrogen and oxygen atoms in total. The number of imidazole rings is 1. The molecule has 1 aliphatic heterocycles. The van der Waals surface area contributed by atoms with E-state index in [1.165, 1.54) is 11.4 Å². The Hall–Kier alpha value is -2.38. The van der Waals surface area contributed by atoms with E-state index in [1.807, 2.05) is 24.3 Å². The Labute approximate surface area is 146 Å². The highest BCUT2D eigenvalue weighted by Gasteiger charge is 2.29. The number of ether oxygens (including phenoxy) is 1. The Morgan fingerprint density at radius 3 is 2.60 bits per heavy atom. The van der Waals surface area contributed by atoms with Crippen molar-refractivity contribution in [2.75, 3.05) is 20.2 Å². The fourth-order valence-corrected chi connectivity index (χ4v) is 4.91. The average molecular weight is 357 g/mol. The summed E-state index contributed by atoms with van der Waals surface area (Å²) in [7, 11) is -2.13. The fraction of sp³-hybridized carbons (Fsp3) is 0.278. The van der Waals surface area contributed by atoms with Gasteiger partial charge in [-0.3, -0.25) is 0 Å². The minimum Gasteiger partial charge on any atom is -0.495 e. The molecular formula is C18H19N3O3S. The molecule has 0 saturated carbocycles. The van der Waals surface area contributed by atoms with Gasteiger partial charge < -0.3 is 9.30 Å². The van der Waals surface area contributed by atoms with E-state index in [9.17, 15) is 8.42 Å². The summed E-state index contributed by atoms with van der Waals surface area (Å²) in [5.74, 6) is 1.30. The molecule has 25 heavy (non-hydrogen) atoms. The molecular weight excluding hydrogens is 338 g/mol. The number of para-hydroxylation sites is 3. The molecule has 0 amide bonds. The van der Waals surface area contributed by atoms with E-state index in [2.05, 4.69) is 9.55 Å². The third kappa shape index (κ3) is 2.69. The van der Waals surface area contributed by atoms with Gasteiger partial charge in [0.15, 0.2) is 0 Å². The molecule has 0 radical (unpaired) electrons. The number of aromatic nitrogens is 2. The maximum absolute atomic E-state index is 13.1. The maximum Gasteiger partial charge on any atom is 0.246 e. The van der Waals surface area contributed by atoms with Gasteiger partial charge in [0, 0.05) is 26.1 Å². The number of methoxy groups -OCH3 is 1. The van der Waals surface area contributed by atoms with Gasteiger partial charge in [-0.15, -0.1) is 0 Å². The predicted octanol–water partition coefficient (Wildman–Crippen LogP) is 2.29. The molecule has 2 aromatic carbocycles. The lowest BCUT2D eigenvalue weighted by atomic mass is 10.3. The highest BCUT2D eigenvalue weighted by atomic mass is 32.2. The van der Waals surface area contributed by atoms with Gasteiger partial charge in [-0.05, 0) is 24.3 Å². The fourth-order valence-electron chi connectivity index (χ4n) is 3.33. The minimum atomic E-state index is -3.61. The van der Waals surface area contributed by atoms with Crippen LogP contribution in [0, 0.1) is 0 Å². The van der Waals surface area contributed by atoms with Crippen LogP contribution in [0.1, 0.15) is 5.82 Å². The SMILES string of the molecule is COc1ccccc1S(=O)(=O)N1CCc2nc3ccccc3n2CC1. The van der Waals surface area contributed by atoms with Crippen molar-refractivity contribution in [3.63, 3.8) is 0 Å². The number of benzene rings is 2. The summed E-state index contributed by atoms with van der Waals surface area (Å²) < 4.78 is 35.0. The molecule has 1 aliphatic rings. The molecule has 3 aromatic rings. The molecule has 0 fully saturated rings. The van der Waals surface area contributed by atoms with Crippen LogP contribution in [0.25, 0.3) is 11.0 Å². The van der Waals surface area contributed by atoms with Crippen molar-refractivity contribution in [2.24, 2.45) is 0 Å². The molecule has 0 aliphatic carbocycles. The van der Waals surface area contributed by atoms with Crippen molar-refractivity contribution < 1.29 is 13.2 Å². The number of rotatable bonds is 3. The molecule has 2 heterocycles. The summed E-state index contributed by atoms with van der Waals surface area (Å²) in [6, 6.07) is 14.7. The quantitative estimate of drug-likeness (QED) is 0.721. The zero-order valence-electron chi connectivity index (χ0n) is 13.9. The van der Waals surface area contributed by atoms with Crippen molar-refractivity contribution in [3.8, 4) is 5.75 Å². The van der Waals surface area contributed by atoms with Gasteiger partial charge in [-0.2, -0.15) is 4.31 Å². The van der Waals surface area contributed by atoms with Crippen LogP contribution in [-0.4, -0.2) is 42.5 Å². The van der Waals surface area contributed by atoms with Crippen molar-refractivity contribution in [1.82, 2.24) is 13.9 Å². The molecule has 0 N–H and O–H groups in total. The first-order chi connectivity index (χ1) is 12.1. The van der Waals surface area contributed by atoms with Gasteiger partial charge in [0.05, 0.1) is 18.1 Å². The summed E-state index contributed by atoms with van der Waals surface area (Å²) in [5, 5.41) is 0. The number of hydrogen-bond donors (Lipinski definition) is 0. The summed E-state index contributed by atoms with van der Waals surface area (Å²) in [4.78, 5) is 4.86. The number of hydrogen-bond acceptors (Lipinski definition) is 4. The van der Waals surface area contributed by atoms with Crippen molar-refractivity contribution >= 4 is 21.1 Å². The number of sulfonamides is 1. The van der Waals surface area contributed by atoms with E-state index >= 15 is 0 Å². The molecule has 130 valence electrons. The Kier molecular flexibility index (Phi) is 3.97. The largest absolute Gasteiger partial charge is 0.495 e. The second-order valence-corrected chi connectivity index (χ2v) is 7.88. The minimum absolute atomic E-state index is 0.210. The van der Waals surface area contributed by atoms with E-state index in [4.69, 9.17) is 4.74 Å². The molecule has 4 rings (SSSR count). The average Bonchev–Trinajstić information content (AvgIpc) is 2.85. The molecule has 0 saturated heterocycles. The van der Waals surface area contributed by atoms with Gasteiger partial charge in [0.1, 0.15) is 16.5 Å². The van der Waals surface area contributed by atoms with Crippen molar-refractivity contribution in [1.29, 1.82) is 0 Å². The van der Waals surface area contributed by atoms with Gasteiger partial charge in [0.2, 0.25) is 10.0 Å². The standard InChI is InChI=1S/C18H19N3O3S/c1-24-16-8-4-5-9-17(16)25(22,23)20-11-10-18-19-14-6-2-3-7-15(14)21(18)13-12-20/h2-9H,10-13H2,1H3. The van der Waals surface area contributed by atoms with Crippen LogP contribution in [0.5, 0.6) is 5.75 Å². The van der Waals surface area contributed by atoms with Crippen LogP contribution < -0.4 is 4.74 Å². The highest BCUT2D eigenvalue weighted by molar-refractivity contribution is 7.89. The predicted molar refractivity (Wildman–Crippen MR) is 95.2 cm³/mol. The first-order valence-corrected chi connectivity index (χ1v) is 9.62. The zero-order valence-corrected chi connectivity index (χ0v) is 14.7. The normalized spacial score (nSPS) is 15.7. The molecule has 1 aromatic heterocycles. The van der Waals surface area contributed by atoms with Gasteiger partial charge in [-0.1, -0.05) is 24.3 Å². The lowest BCUT2D eigenvalue weighted by molar-refractivity contribution is 0.390. The number of fused-ring (bicyclic) bond motifs is 3. The van der Waals surface area contributed by atoms with Crippen LogP contribution in [0.4, 0.5) is 0 Å². The van der Waals surface area contributed by atoms with E-state index in [-0.39, 0.29) is 4.90 Å². The summed E-state index contributed by atoms with van der Waals surface area (Å²) in [5.41, 5.74) is 2.01. The van der Waals surface area contributed by atoms with Gasteiger partial charge in [0.25, 0.3) is 0 Å². The Balaban J connectivity index is 1.67. The first kappa shape index (κ1) is 16.1. The van der Waals surface area contributed by atoms with Crippen LogP contribution in [0.15, 0.2) is 53.4 Å². The molecule has 0 atom stereocenters. The second kappa shape index (κ2) is 6.16. The van der Waals surface area contributed by atoms with Crippen molar-refractivity contribution in [2.45, 2.75) is 17.9 Å². The molecule has 7 heteroatoms. The van der Waals surface area contributed by atoms with E-state index < -0.39 is 10.0 Å². The lowest BCUT2D eigenvalue weighted by Crippen LogP contribution is -2.34. The third-order valence-corrected chi connectivity index (χ3v) is 6.52. The number of nitrogens with zero attached hydrogens (tertiary/aromatic N) is 3. The maximum atomic E-state index is 13.1. The highest BCUT2D eigenvalue weighted by Crippen LogP contribution is 2.28. The Bertz CT molecular complexity index is 1030. The van der Waals surface area contributed by atoms with Crippen LogP contribution in [0.3, 0.4) is 0 Å². The summed E-state index contributed by atoms with van der Waals surface area (Å²) in [6.07, 6.45) is 0.586. The smallest absolute Gasteiger partial charge is 0.246 e.